The number of carbonyl (C=O) groups excluding carboxylic acids is 1. The number of aromatic nitrogens is 1. The maximum Gasteiger partial charge on any atom is 0.428 e. The van der Waals surface area contributed by atoms with Gasteiger partial charge in [-0.2, -0.15) is 26.3 Å². The summed E-state index contributed by atoms with van der Waals surface area (Å²) in [6, 6.07) is 7.66. The van der Waals surface area contributed by atoms with Gasteiger partial charge in [0, 0.05) is 21.3 Å². The fourth-order valence-electron chi connectivity index (χ4n) is 4.16. The highest BCUT2D eigenvalue weighted by Gasteiger charge is 2.60. The Kier molecular flexibility index (Phi) is 6.47. The van der Waals surface area contributed by atoms with Crippen LogP contribution in [0.15, 0.2) is 42.5 Å². The molecule has 3 aromatic rings. The molecule has 2 N–H and O–H groups in total. The number of nitrogens with zero attached hydrogens (tertiary/aromatic N) is 1. The number of halogens is 8. The molecule has 13 heteroatoms. The van der Waals surface area contributed by atoms with E-state index in [0.29, 0.717) is 11.3 Å². The molecule has 1 aliphatic rings. The number of fused-ring (bicyclic) bond motifs is 1. The lowest BCUT2D eigenvalue weighted by atomic mass is 9.92. The van der Waals surface area contributed by atoms with Gasteiger partial charge in [0.25, 0.3) is 5.91 Å². The number of hydroxylamine groups is 1. The third kappa shape index (κ3) is 4.62. The smallest absolute Gasteiger partial charge is 0.343 e. The Labute approximate surface area is 210 Å². The number of hydrogen-bond acceptors (Lipinski definition) is 3. The minimum atomic E-state index is -4.94. The van der Waals surface area contributed by atoms with Gasteiger partial charge in [0.15, 0.2) is 0 Å². The van der Waals surface area contributed by atoms with Crippen molar-refractivity contribution in [3.8, 4) is 0 Å². The zero-order valence-electron chi connectivity index (χ0n) is 18.5. The predicted molar refractivity (Wildman–Crippen MR) is 122 cm³/mol. The Morgan fingerprint density at radius 3 is 2.28 bits per heavy atom. The molecule has 1 atom stereocenters. The molecule has 36 heavy (non-hydrogen) atoms. The molecule has 0 saturated heterocycles. The molecule has 4 rings (SSSR count). The molecule has 192 valence electrons. The highest BCUT2D eigenvalue weighted by molar-refractivity contribution is 6.34. The Morgan fingerprint density at radius 2 is 1.69 bits per heavy atom. The second-order valence-corrected chi connectivity index (χ2v) is 9.11. The van der Waals surface area contributed by atoms with Crippen LogP contribution in [0, 0.1) is 13.8 Å². The summed E-state index contributed by atoms with van der Waals surface area (Å²) < 4.78 is 82.3. The topological polar surface area (TPSA) is 54.8 Å². The number of carbonyl (C=O) groups is 1. The molecule has 0 aliphatic carbocycles. The Hall–Kier alpha value is -2.89. The van der Waals surface area contributed by atoms with E-state index in [1.54, 1.807) is 19.9 Å². The van der Waals surface area contributed by atoms with Crippen LogP contribution < -0.4 is 10.8 Å². The minimum absolute atomic E-state index is 0.0277. The van der Waals surface area contributed by atoms with Gasteiger partial charge in [-0.1, -0.05) is 23.2 Å². The number of benzene rings is 1. The van der Waals surface area contributed by atoms with Gasteiger partial charge in [-0.25, -0.2) is 0 Å². The van der Waals surface area contributed by atoms with Crippen LogP contribution in [0.5, 0.6) is 0 Å². The van der Waals surface area contributed by atoms with Gasteiger partial charge in [-0.15, -0.1) is 0 Å². The molecule has 0 bridgehead atoms. The van der Waals surface area contributed by atoms with Crippen LogP contribution in [-0.2, 0) is 10.4 Å². The van der Waals surface area contributed by atoms with E-state index >= 15 is 0 Å². The quantitative estimate of drug-likeness (QED) is 0.364. The van der Waals surface area contributed by atoms with Crippen LogP contribution in [0.3, 0.4) is 0 Å². The molecule has 1 aliphatic heterocycles. The monoisotopic (exact) mass is 551 g/mol. The lowest BCUT2D eigenvalue weighted by Crippen LogP contribution is -2.42. The van der Waals surface area contributed by atoms with Crippen molar-refractivity contribution >= 4 is 40.3 Å². The van der Waals surface area contributed by atoms with E-state index in [0.717, 1.165) is 18.2 Å². The molecular formula is C23H17Cl2F6N3O2. The molecule has 1 unspecified atom stereocenters. The molecule has 1 aromatic carbocycles. The first-order chi connectivity index (χ1) is 16.6. The van der Waals surface area contributed by atoms with Gasteiger partial charge in [-0.05, 0) is 61.9 Å². The van der Waals surface area contributed by atoms with Crippen molar-refractivity contribution in [2.24, 2.45) is 0 Å². The van der Waals surface area contributed by atoms with Crippen molar-refractivity contribution in [2.75, 3.05) is 6.54 Å². The van der Waals surface area contributed by atoms with Crippen LogP contribution >= 0.6 is 23.2 Å². The summed E-state index contributed by atoms with van der Waals surface area (Å²) in [7, 11) is 0. The Balaban J connectivity index is 1.87. The first-order valence-electron chi connectivity index (χ1n) is 10.3. The zero-order valence-corrected chi connectivity index (χ0v) is 20.0. The van der Waals surface area contributed by atoms with Crippen molar-refractivity contribution in [3.05, 3.63) is 80.6 Å². The summed E-state index contributed by atoms with van der Waals surface area (Å²) in [5.74, 6) is -0.979. The van der Waals surface area contributed by atoms with Crippen molar-refractivity contribution in [1.82, 2.24) is 15.2 Å². The number of hydrogen-bond donors (Lipinski definition) is 2. The number of aryl methyl sites for hydroxylation is 2. The number of pyridine rings is 1. The largest absolute Gasteiger partial charge is 0.428 e. The number of alkyl halides is 6. The van der Waals surface area contributed by atoms with Crippen molar-refractivity contribution in [2.45, 2.75) is 31.8 Å². The lowest BCUT2D eigenvalue weighted by Gasteiger charge is -2.28. The number of nitrogens with one attached hydrogen (secondary N) is 2. The second kappa shape index (κ2) is 8.89. The maximum atomic E-state index is 14.4. The Morgan fingerprint density at radius 1 is 1.06 bits per heavy atom. The zero-order chi connectivity index (χ0) is 26.6. The van der Waals surface area contributed by atoms with E-state index in [2.05, 4.69) is 5.48 Å². The summed E-state index contributed by atoms with van der Waals surface area (Å²) in [6.07, 6.45) is -8.73. The van der Waals surface area contributed by atoms with Crippen LogP contribution in [0.2, 0.25) is 10.0 Å². The first-order valence-corrected chi connectivity index (χ1v) is 11.1. The number of rotatable bonds is 4. The highest BCUT2D eigenvalue weighted by Crippen LogP contribution is 2.48. The van der Waals surface area contributed by atoms with E-state index in [9.17, 15) is 31.1 Å². The fourth-order valence-corrected chi connectivity index (χ4v) is 4.69. The van der Waals surface area contributed by atoms with E-state index in [4.69, 9.17) is 28.0 Å². The fraction of sp³-hybridized carbons (Fsp3) is 0.261. The molecule has 0 saturated carbocycles. The summed E-state index contributed by atoms with van der Waals surface area (Å²) in [5.41, 5.74) is 0.332. The van der Waals surface area contributed by atoms with E-state index in [1.165, 1.54) is 22.6 Å². The second-order valence-electron chi connectivity index (χ2n) is 8.24. The van der Waals surface area contributed by atoms with Gasteiger partial charge in [0.1, 0.15) is 6.54 Å². The van der Waals surface area contributed by atoms with Crippen LogP contribution in [0.4, 0.5) is 26.3 Å². The molecule has 3 heterocycles. The molecule has 2 aromatic heterocycles. The standard InChI is InChI=1S/C23H17Cl2F6N3O2/c1-11-5-12(2)34-18(4-3-16(19(11)34)20(35)32-10-22(26,27)28)17-9-21(36-33-17,23(29,30)31)13-6-14(24)8-15(25)7-13/h3-9,33H,10H2,1-2H3,(H,32,35). The normalized spacial score (nSPS) is 18.3. The van der Waals surface area contributed by atoms with Gasteiger partial charge in [0.05, 0.1) is 22.5 Å². The van der Waals surface area contributed by atoms with Gasteiger partial charge in [0.2, 0.25) is 5.60 Å². The van der Waals surface area contributed by atoms with Gasteiger partial charge >= 0.3 is 12.4 Å². The molecule has 0 fully saturated rings. The van der Waals surface area contributed by atoms with Crippen molar-refractivity contribution in [1.29, 1.82) is 0 Å². The maximum absolute atomic E-state index is 14.4. The van der Waals surface area contributed by atoms with Crippen LogP contribution in [0.25, 0.3) is 11.2 Å². The summed E-state index contributed by atoms with van der Waals surface area (Å²) in [4.78, 5) is 17.6. The predicted octanol–water partition coefficient (Wildman–Crippen LogP) is 6.49. The van der Waals surface area contributed by atoms with E-state index in [-0.39, 0.29) is 38.1 Å². The SMILES string of the molecule is Cc1cc(C)n2c(C3=CC(c4cc(Cl)cc(Cl)c4)(C(F)(F)F)ON3)ccc(C(=O)NCC(F)(F)F)c12. The summed E-state index contributed by atoms with van der Waals surface area (Å²) in [5, 5.41) is 1.76. The average Bonchev–Trinajstić information content (AvgIpc) is 3.33. The van der Waals surface area contributed by atoms with Gasteiger partial charge < -0.3 is 9.72 Å². The van der Waals surface area contributed by atoms with E-state index < -0.39 is 30.4 Å². The Bertz CT molecular complexity index is 1380. The van der Waals surface area contributed by atoms with E-state index in [1.807, 2.05) is 5.32 Å². The molecular weight excluding hydrogens is 535 g/mol. The van der Waals surface area contributed by atoms with Gasteiger partial charge in [-0.3, -0.25) is 15.1 Å². The van der Waals surface area contributed by atoms with Crippen molar-refractivity contribution in [3.63, 3.8) is 0 Å². The third-order valence-electron chi connectivity index (χ3n) is 5.63. The number of amides is 1. The average molecular weight is 552 g/mol. The molecule has 5 nitrogen and oxygen atoms in total. The van der Waals surface area contributed by atoms with Crippen LogP contribution in [-0.4, -0.2) is 29.2 Å². The third-order valence-corrected chi connectivity index (χ3v) is 6.07. The molecule has 1 amide bonds. The molecule has 0 spiro atoms. The summed E-state index contributed by atoms with van der Waals surface area (Å²) in [6.45, 7) is 1.74. The molecule has 0 radical (unpaired) electrons. The van der Waals surface area contributed by atoms with Crippen molar-refractivity contribution < 1.29 is 36.0 Å². The highest BCUT2D eigenvalue weighted by atomic mass is 35.5. The van der Waals surface area contributed by atoms with Crippen LogP contribution in [0.1, 0.15) is 32.9 Å². The lowest BCUT2D eigenvalue weighted by molar-refractivity contribution is -0.269. The summed E-state index contributed by atoms with van der Waals surface area (Å²) >= 11 is 11.9. The first kappa shape index (κ1) is 26.2. The minimum Gasteiger partial charge on any atom is -0.343 e.